The number of aryl methyl sites for hydroxylation is 1. The van der Waals surface area contributed by atoms with Gasteiger partial charge in [0.05, 0.1) is 17.0 Å². The molecule has 0 unspecified atom stereocenters. The lowest BCUT2D eigenvalue weighted by molar-refractivity contribution is 0.000113. The van der Waals surface area contributed by atoms with Crippen LogP contribution in [0.5, 0.6) is 0 Å². The molecule has 1 fully saturated rings. The standard InChI is InChI=1S/C22H31NO3SSi/c1-17-12-14-19(15-13-17)27(24,25)23-16-20(26-28(5,6)22(2,3)4)21(23)18-10-8-7-9-11-18/h7-15,20-21H,16H2,1-6H3/t20-,21-/m1/s1. The van der Waals surface area contributed by atoms with Crippen molar-refractivity contribution < 1.29 is 12.8 Å². The van der Waals surface area contributed by atoms with E-state index in [1.54, 1.807) is 16.4 Å². The van der Waals surface area contributed by atoms with E-state index in [9.17, 15) is 8.42 Å². The third-order valence-corrected chi connectivity index (χ3v) is 12.4. The minimum Gasteiger partial charge on any atom is -0.411 e. The van der Waals surface area contributed by atoms with Crippen molar-refractivity contribution in [1.29, 1.82) is 0 Å². The maximum Gasteiger partial charge on any atom is 0.243 e. The Bertz CT molecular complexity index is 919. The zero-order chi connectivity index (χ0) is 20.7. The third-order valence-electron chi connectivity index (χ3n) is 6.04. The van der Waals surface area contributed by atoms with Gasteiger partial charge >= 0.3 is 0 Å². The highest BCUT2D eigenvalue weighted by molar-refractivity contribution is 7.89. The molecule has 0 aliphatic carbocycles. The lowest BCUT2D eigenvalue weighted by atomic mass is 9.95. The van der Waals surface area contributed by atoms with E-state index < -0.39 is 18.3 Å². The van der Waals surface area contributed by atoms with Crippen molar-refractivity contribution in [1.82, 2.24) is 4.31 Å². The normalized spacial score (nSPS) is 21.4. The van der Waals surface area contributed by atoms with E-state index in [-0.39, 0.29) is 17.2 Å². The Morgan fingerprint density at radius 1 is 1.00 bits per heavy atom. The fourth-order valence-electron chi connectivity index (χ4n) is 3.22. The van der Waals surface area contributed by atoms with Gasteiger partial charge in [0, 0.05) is 6.54 Å². The predicted octanol–water partition coefficient (Wildman–Crippen LogP) is 5.13. The number of benzene rings is 2. The molecule has 2 aromatic rings. The Hall–Kier alpha value is -1.47. The molecule has 0 saturated carbocycles. The highest BCUT2D eigenvalue weighted by Crippen LogP contribution is 2.45. The van der Waals surface area contributed by atoms with Gasteiger partial charge in [-0.15, -0.1) is 0 Å². The summed E-state index contributed by atoms with van der Waals surface area (Å²) >= 11 is 0. The molecular formula is C22H31NO3SSi. The molecule has 2 aromatic carbocycles. The number of sulfonamides is 1. The van der Waals surface area contributed by atoms with Gasteiger partial charge in [0.2, 0.25) is 10.0 Å². The van der Waals surface area contributed by atoms with Crippen LogP contribution in [-0.4, -0.2) is 33.7 Å². The van der Waals surface area contributed by atoms with Crippen molar-refractivity contribution in [2.45, 2.75) is 62.9 Å². The highest BCUT2D eigenvalue weighted by Gasteiger charge is 2.51. The predicted molar refractivity (Wildman–Crippen MR) is 116 cm³/mol. The molecule has 6 heteroatoms. The molecule has 1 heterocycles. The summed E-state index contributed by atoms with van der Waals surface area (Å²) in [5, 5.41) is 0.0739. The van der Waals surface area contributed by atoms with E-state index in [1.807, 2.05) is 49.4 Å². The van der Waals surface area contributed by atoms with Crippen LogP contribution in [-0.2, 0) is 14.4 Å². The fraction of sp³-hybridized carbons (Fsp3) is 0.455. The second-order valence-electron chi connectivity index (χ2n) is 9.16. The first-order chi connectivity index (χ1) is 12.9. The van der Waals surface area contributed by atoms with Crippen LogP contribution in [0.1, 0.15) is 37.9 Å². The highest BCUT2D eigenvalue weighted by atomic mass is 32.2. The molecule has 1 saturated heterocycles. The molecule has 0 radical (unpaired) electrons. The van der Waals surface area contributed by atoms with Gasteiger partial charge in [0.1, 0.15) is 0 Å². The van der Waals surface area contributed by atoms with E-state index in [1.165, 1.54) is 0 Å². The first-order valence-corrected chi connectivity index (χ1v) is 14.1. The van der Waals surface area contributed by atoms with Crippen LogP contribution >= 0.6 is 0 Å². The van der Waals surface area contributed by atoms with Gasteiger partial charge in [-0.05, 0) is 42.8 Å². The number of rotatable bonds is 5. The van der Waals surface area contributed by atoms with Gasteiger partial charge in [0.25, 0.3) is 0 Å². The molecule has 4 nitrogen and oxygen atoms in total. The summed E-state index contributed by atoms with van der Waals surface area (Å²) in [6.07, 6.45) is -0.122. The molecule has 152 valence electrons. The number of hydrogen-bond donors (Lipinski definition) is 0. The molecule has 0 spiro atoms. The molecule has 0 bridgehead atoms. The molecule has 28 heavy (non-hydrogen) atoms. The molecule has 0 N–H and O–H groups in total. The van der Waals surface area contributed by atoms with Crippen LogP contribution in [0.15, 0.2) is 59.5 Å². The zero-order valence-electron chi connectivity index (χ0n) is 17.6. The average Bonchev–Trinajstić information content (AvgIpc) is 2.58. The Morgan fingerprint density at radius 3 is 2.11 bits per heavy atom. The molecular weight excluding hydrogens is 386 g/mol. The van der Waals surface area contributed by atoms with E-state index in [2.05, 4.69) is 33.9 Å². The van der Waals surface area contributed by atoms with Crippen LogP contribution in [0.2, 0.25) is 18.1 Å². The van der Waals surface area contributed by atoms with Gasteiger partial charge < -0.3 is 4.43 Å². The minimum absolute atomic E-state index is 0.0739. The first kappa shape index (κ1) is 21.2. The lowest BCUT2D eigenvalue weighted by Crippen LogP contribution is -2.60. The van der Waals surface area contributed by atoms with Crippen molar-refractivity contribution in [2.75, 3.05) is 6.54 Å². The monoisotopic (exact) mass is 417 g/mol. The van der Waals surface area contributed by atoms with E-state index in [0.717, 1.165) is 11.1 Å². The number of nitrogens with zero attached hydrogens (tertiary/aromatic N) is 1. The van der Waals surface area contributed by atoms with Gasteiger partial charge in [-0.3, -0.25) is 0 Å². The summed E-state index contributed by atoms with van der Waals surface area (Å²) in [5.41, 5.74) is 2.02. The zero-order valence-corrected chi connectivity index (χ0v) is 19.5. The molecule has 2 atom stereocenters. The van der Waals surface area contributed by atoms with Crippen LogP contribution in [0.3, 0.4) is 0 Å². The number of hydrogen-bond acceptors (Lipinski definition) is 3. The van der Waals surface area contributed by atoms with Crippen molar-refractivity contribution >= 4 is 18.3 Å². The molecule has 1 aliphatic rings. The van der Waals surface area contributed by atoms with E-state index >= 15 is 0 Å². The van der Waals surface area contributed by atoms with Crippen LogP contribution in [0.25, 0.3) is 0 Å². The van der Waals surface area contributed by atoms with Crippen LogP contribution < -0.4 is 0 Å². The Kier molecular flexibility index (Phi) is 5.62. The van der Waals surface area contributed by atoms with Gasteiger partial charge in [-0.2, -0.15) is 4.31 Å². The van der Waals surface area contributed by atoms with Gasteiger partial charge in [0.15, 0.2) is 8.32 Å². The molecule has 0 amide bonds. The summed E-state index contributed by atoms with van der Waals surface area (Å²) < 4.78 is 34.8. The average molecular weight is 418 g/mol. The first-order valence-electron chi connectivity index (χ1n) is 9.75. The lowest BCUT2D eigenvalue weighted by Gasteiger charge is -2.51. The third kappa shape index (κ3) is 3.96. The Balaban J connectivity index is 1.94. The van der Waals surface area contributed by atoms with E-state index in [4.69, 9.17) is 4.43 Å². The minimum atomic E-state index is -3.57. The summed E-state index contributed by atoms with van der Waals surface area (Å²) in [7, 11) is -5.58. The fourth-order valence-corrected chi connectivity index (χ4v) is 6.18. The van der Waals surface area contributed by atoms with Crippen molar-refractivity contribution in [3.8, 4) is 0 Å². The second kappa shape index (κ2) is 7.41. The second-order valence-corrected chi connectivity index (χ2v) is 15.8. The summed E-state index contributed by atoms with van der Waals surface area (Å²) in [5.74, 6) is 0. The van der Waals surface area contributed by atoms with Gasteiger partial charge in [-0.25, -0.2) is 8.42 Å². The molecule has 0 aromatic heterocycles. The molecule has 3 rings (SSSR count). The maximum absolute atomic E-state index is 13.3. The Labute approximate surface area is 170 Å². The summed E-state index contributed by atoms with van der Waals surface area (Å²) in [4.78, 5) is 0.338. The SMILES string of the molecule is Cc1ccc(S(=O)(=O)N2C[C@@H](O[Si](C)(C)C(C)(C)C)[C@H]2c2ccccc2)cc1. The van der Waals surface area contributed by atoms with Crippen molar-refractivity contribution in [2.24, 2.45) is 0 Å². The van der Waals surface area contributed by atoms with Crippen molar-refractivity contribution in [3.63, 3.8) is 0 Å². The quantitative estimate of drug-likeness (QED) is 0.634. The van der Waals surface area contributed by atoms with Crippen LogP contribution in [0, 0.1) is 6.92 Å². The summed E-state index contributed by atoms with van der Waals surface area (Å²) in [6, 6.07) is 16.6. The summed E-state index contributed by atoms with van der Waals surface area (Å²) in [6.45, 7) is 13.4. The largest absolute Gasteiger partial charge is 0.411 e. The van der Waals surface area contributed by atoms with Crippen molar-refractivity contribution in [3.05, 3.63) is 65.7 Å². The van der Waals surface area contributed by atoms with Gasteiger partial charge in [-0.1, -0.05) is 68.8 Å². The van der Waals surface area contributed by atoms with Crippen LogP contribution in [0.4, 0.5) is 0 Å². The smallest absolute Gasteiger partial charge is 0.243 e. The Morgan fingerprint density at radius 2 is 1.57 bits per heavy atom. The maximum atomic E-state index is 13.3. The van der Waals surface area contributed by atoms with E-state index in [0.29, 0.717) is 11.4 Å². The molecule has 1 aliphatic heterocycles. The topological polar surface area (TPSA) is 46.6 Å².